The number of nitro groups is 1. The van der Waals surface area contributed by atoms with Crippen LogP contribution in [0.4, 0.5) is 11.4 Å². The molecule has 0 saturated carbocycles. The molecule has 2 aromatic rings. The molecule has 0 unspecified atom stereocenters. The minimum atomic E-state index is -0.889. The van der Waals surface area contributed by atoms with Gasteiger partial charge in [-0.05, 0) is 66.0 Å². The van der Waals surface area contributed by atoms with Gasteiger partial charge >= 0.3 is 5.69 Å². The summed E-state index contributed by atoms with van der Waals surface area (Å²) in [6, 6.07) is 10.1. The van der Waals surface area contributed by atoms with Crippen LogP contribution in [0.15, 0.2) is 40.9 Å². The van der Waals surface area contributed by atoms with Gasteiger partial charge in [-0.15, -0.1) is 0 Å². The molecule has 0 fully saturated rings. The fourth-order valence-corrected chi connectivity index (χ4v) is 2.66. The lowest BCUT2D eigenvalue weighted by atomic mass is 10.2. The van der Waals surface area contributed by atoms with Gasteiger partial charge < -0.3 is 10.1 Å². The van der Waals surface area contributed by atoms with E-state index in [2.05, 4.69) is 21.2 Å². The number of ether oxygens (including phenoxy) is 1. The van der Waals surface area contributed by atoms with Gasteiger partial charge in [-0.3, -0.25) is 14.9 Å². The quantitative estimate of drug-likeness (QED) is 0.604. The molecule has 24 heavy (non-hydrogen) atoms. The number of hydrogen-bond donors (Lipinski definition) is 1. The van der Waals surface area contributed by atoms with Crippen molar-refractivity contribution in [3.8, 4) is 5.75 Å². The molecule has 0 aliphatic rings. The van der Waals surface area contributed by atoms with Gasteiger partial charge in [-0.25, -0.2) is 0 Å². The lowest BCUT2D eigenvalue weighted by Crippen LogP contribution is -2.30. The van der Waals surface area contributed by atoms with E-state index < -0.39 is 16.9 Å². The molecule has 1 N–H and O–H groups in total. The van der Waals surface area contributed by atoms with Gasteiger partial charge in [-0.1, -0.05) is 12.1 Å². The molecule has 0 bridgehead atoms. The van der Waals surface area contributed by atoms with Crippen molar-refractivity contribution in [2.75, 3.05) is 5.32 Å². The Labute approximate surface area is 148 Å². The van der Waals surface area contributed by atoms with Crippen molar-refractivity contribution in [1.29, 1.82) is 0 Å². The highest BCUT2D eigenvalue weighted by atomic mass is 79.9. The Morgan fingerprint density at radius 1 is 1.21 bits per heavy atom. The van der Waals surface area contributed by atoms with Crippen LogP contribution in [0.25, 0.3) is 0 Å². The van der Waals surface area contributed by atoms with Gasteiger partial charge in [0.2, 0.25) is 0 Å². The summed E-state index contributed by atoms with van der Waals surface area (Å²) in [6.45, 7) is 5.24. The molecule has 1 amide bonds. The fraction of sp³-hybridized carbons (Fsp3) is 0.235. The van der Waals surface area contributed by atoms with E-state index in [9.17, 15) is 14.9 Å². The number of carbonyl (C=O) groups excluding carboxylic acids is 1. The third-order valence-corrected chi connectivity index (χ3v) is 4.02. The summed E-state index contributed by atoms with van der Waals surface area (Å²) >= 11 is 3.39. The molecule has 0 heterocycles. The van der Waals surface area contributed by atoms with E-state index in [0.717, 1.165) is 15.6 Å². The fourth-order valence-electron chi connectivity index (χ4n) is 2.07. The van der Waals surface area contributed by atoms with E-state index in [1.807, 2.05) is 19.1 Å². The van der Waals surface area contributed by atoms with Gasteiger partial charge in [0, 0.05) is 10.5 Å². The third kappa shape index (κ3) is 4.32. The minimum Gasteiger partial charge on any atom is -0.474 e. The van der Waals surface area contributed by atoms with Crippen LogP contribution in [0.1, 0.15) is 18.1 Å². The van der Waals surface area contributed by atoms with Gasteiger partial charge in [0.25, 0.3) is 5.91 Å². The second kappa shape index (κ2) is 7.44. The molecule has 0 spiro atoms. The molecular weight excluding hydrogens is 376 g/mol. The van der Waals surface area contributed by atoms with Crippen LogP contribution >= 0.6 is 15.9 Å². The topological polar surface area (TPSA) is 81.5 Å². The van der Waals surface area contributed by atoms with Crippen molar-refractivity contribution in [2.45, 2.75) is 26.9 Å². The van der Waals surface area contributed by atoms with Crippen LogP contribution in [0.3, 0.4) is 0 Å². The van der Waals surface area contributed by atoms with Crippen LogP contribution < -0.4 is 10.1 Å². The zero-order valence-corrected chi connectivity index (χ0v) is 15.1. The maximum absolute atomic E-state index is 12.3. The number of hydrogen-bond acceptors (Lipinski definition) is 4. The van der Waals surface area contributed by atoms with E-state index in [4.69, 9.17) is 4.74 Å². The number of rotatable bonds is 5. The monoisotopic (exact) mass is 392 g/mol. The lowest BCUT2D eigenvalue weighted by Gasteiger charge is -2.15. The highest BCUT2D eigenvalue weighted by Crippen LogP contribution is 2.29. The first-order valence-corrected chi connectivity index (χ1v) is 8.06. The van der Waals surface area contributed by atoms with Crippen LogP contribution in [-0.4, -0.2) is 16.9 Å². The molecule has 2 aromatic carbocycles. The van der Waals surface area contributed by atoms with Crippen molar-refractivity contribution in [3.05, 3.63) is 62.1 Å². The van der Waals surface area contributed by atoms with E-state index >= 15 is 0 Å². The van der Waals surface area contributed by atoms with Gasteiger partial charge in [-0.2, -0.15) is 0 Å². The SMILES string of the molecule is Cc1ccc(NC(=O)[C@@H](C)Oc2ccc(C)cc2[N+](=O)[O-])c(Br)c1. The predicted molar refractivity (Wildman–Crippen MR) is 95.4 cm³/mol. The zero-order chi connectivity index (χ0) is 17.9. The molecule has 6 nitrogen and oxygen atoms in total. The van der Waals surface area contributed by atoms with E-state index in [0.29, 0.717) is 5.69 Å². The van der Waals surface area contributed by atoms with E-state index in [1.54, 1.807) is 26.0 Å². The summed E-state index contributed by atoms with van der Waals surface area (Å²) in [5.41, 5.74) is 2.25. The van der Waals surface area contributed by atoms with Crippen LogP contribution in [0, 0.1) is 24.0 Å². The summed E-state index contributed by atoms with van der Waals surface area (Å²) in [4.78, 5) is 22.9. The summed E-state index contributed by atoms with van der Waals surface area (Å²) in [7, 11) is 0. The van der Waals surface area contributed by atoms with Crippen molar-refractivity contribution >= 4 is 33.2 Å². The number of nitrogens with one attached hydrogen (secondary N) is 1. The number of anilines is 1. The van der Waals surface area contributed by atoms with Crippen molar-refractivity contribution in [3.63, 3.8) is 0 Å². The first-order chi connectivity index (χ1) is 11.3. The first kappa shape index (κ1) is 17.9. The average Bonchev–Trinajstić information content (AvgIpc) is 2.51. The van der Waals surface area contributed by atoms with E-state index in [-0.39, 0.29) is 11.4 Å². The minimum absolute atomic E-state index is 0.0659. The van der Waals surface area contributed by atoms with Crippen molar-refractivity contribution < 1.29 is 14.5 Å². The van der Waals surface area contributed by atoms with Crippen LogP contribution in [0.5, 0.6) is 5.75 Å². The summed E-state index contributed by atoms with van der Waals surface area (Å²) in [6.07, 6.45) is -0.889. The predicted octanol–water partition coefficient (Wildman–Crippen LogP) is 4.38. The van der Waals surface area contributed by atoms with Crippen molar-refractivity contribution in [1.82, 2.24) is 0 Å². The second-order valence-corrected chi connectivity index (χ2v) is 6.32. The van der Waals surface area contributed by atoms with Crippen molar-refractivity contribution in [2.24, 2.45) is 0 Å². The number of nitro benzene ring substituents is 1. The Hall–Kier alpha value is -2.41. The van der Waals surface area contributed by atoms with E-state index in [1.165, 1.54) is 12.1 Å². The number of halogens is 1. The maximum Gasteiger partial charge on any atom is 0.311 e. The standard InChI is InChI=1S/C17H17BrN2O4/c1-10-4-6-14(13(18)8-10)19-17(21)12(3)24-16-7-5-11(2)9-15(16)20(22)23/h4-9,12H,1-3H3,(H,19,21)/t12-/m1/s1. The van der Waals surface area contributed by atoms with Gasteiger partial charge in [0.15, 0.2) is 11.9 Å². The molecule has 0 saturated heterocycles. The second-order valence-electron chi connectivity index (χ2n) is 5.46. The number of benzene rings is 2. The van der Waals surface area contributed by atoms with Gasteiger partial charge in [0.05, 0.1) is 10.6 Å². The Morgan fingerprint density at radius 3 is 2.46 bits per heavy atom. The largest absolute Gasteiger partial charge is 0.474 e. The normalized spacial score (nSPS) is 11.7. The zero-order valence-electron chi connectivity index (χ0n) is 13.5. The molecular formula is C17H17BrN2O4. The lowest BCUT2D eigenvalue weighted by molar-refractivity contribution is -0.386. The molecule has 0 aliphatic carbocycles. The molecule has 0 aliphatic heterocycles. The molecule has 126 valence electrons. The number of aryl methyl sites for hydroxylation is 2. The highest BCUT2D eigenvalue weighted by molar-refractivity contribution is 9.10. The Bertz CT molecular complexity index is 792. The number of amides is 1. The molecule has 7 heteroatoms. The molecule has 0 radical (unpaired) electrons. The van der Waals surface area contributed by atoms with Crippen LogP contribution in [0.2, 0.25) is 0 Å². The molecule has 1 atom stereocenters. The maximum atomic E-state index is 12.3. The number of carbonyl (C=O) groups is 1. The Kier molecular flexibility index (Phi) is 5.56. The third-order valence-electron chi connectivity index (χ3n) is 3.37. The molecule has 0 aromatic heterocycles. The highest BCUT2D eigenvalue weighted by Gasteiger charge is 2.21. The summed E-state index contributed by atoms with van der Waals surface area (Å²) < 4.78 is 6.24. The number of nitrogens with zero attached hydrogens (tertiary/aromatic N) is 1. The summed E-state index contributed by atoms with van der Waals surface area (Å²) in [5, 5.41) is 13.8. The Balaban J connectivity index is 2.13. The average molecular weight is 393 g/mol. The smallest absolute Gasteiger partial charge is 0.311 e. The first-order valence-electron chi connectivity index (χ1n) is 7.26. The Morgan fingerprint density at radius 2 is 1.83 bits per heavy atom. The van der Waals surface area contributed by atoms with Crippen LogP contribution in [-0.2, 0) is 4.79 Å². The summed E-state index contributed by atoms with van der Waals surface area (Å²) in [5.74, 6) is -0.328. The van der Waals surface area contributed by atoms with Gasteiger partial charge in [0.1, 0.15) is 0 Å². The molecule has 2 rings (SSSR count).